The van der Waals surface area contributed by atoms with Crippen LogP contribution < -0.4 is 0 Å². The largest absolute Gasteiger partial charge is 0.455 e. The Morgan fingerprint density at radius 3 is 1.74 bits per heavy atom. The molecule has 0 aliphatic rings. The number of imidazole rings is 1. The van der Waals surface area contributed by atoms with Gasteiger partial charge in [0.05, 0.1) is 28.0 Å². The number of nitrogens with zero attached hydrogens (tertiary/aromatic N) is 3. The predicted molar refractivity (Wildman–Crippen MR) is 247 cm³/mol. The third kappa shape index (κ3) is 7.05. The minimum Gasteiger partial charge on any atom is -0.455 e. The second kappa shape index (κ2) is 14.1. The lowest BCUT2D eigenvalue weighted by Crippen LogP contribution is -2.16. The van der Waals surface area contributed by atoms with E-state index in [1.807, 2.05) is 6.20 Å². The van der Waals surface area contributed by atoms with Gasteiger partial charge in [0.15, 0.2) is 0 Å². The molecule has 296 valence electrons. The zero-order valence-corrected chi connectivity index (χ0v) is 36.8. The number of hydrogen-bond donors (Lipinski definition) is 0. The molecule has 8 rings (SSSR count). The van der Waals surface area contributed by atoms with Crippen LogP contribution in [0, 0.1) is 0 Å². The van der Waals surface area contributed by atoms with E-state index in [4.69, 9.17) is 14.4 Å². The van der Waals surface area contributed by atoms with Crippen molar-refractivity contribution >= 4 is 33.0 Å². The van der Waals surface area contributed by atoms with Crippen molar-refractivity contribution in [2.24, 2.45) is 0 Å². The number of fused-ring (bicyclic) bond motifs is 4. The average Bonchev–Trinajstić information content (AvgIpc) is 3.74. The molecule has 0 aliphatic heterocycles. The molecule has 58 heavy (non-hydrogen) atoms. The van der Waals surface area contributed by atoms with E-state index in [2.05, 4.69) is 198 Å². The summed E-state index contributed by atoms with van der Waals surface area (Å²) < 4.78 is 9.36. The number of benzene rings is 5. The first-order chi connectivity index (χ1) is 27.3. The number of furan rings is 1. The van der Waals surface area contributed by atoms with Crippen molar-refractivity contribution < 1.29 is 4.42 Å². The zero-order valence-electron chi connectivity index (χ0n) is 36.8. The van der Waals surface area contributed by atoms with Crippen LogP contribution >= 0.6 is 0 Å². The number of aromatic nitrogens is 3. The molecule has 0 fully saturated rings. The molecule has 0 radical (unpaired) electrons. The Labute approximate surface area is 345 Å². The zero-order chi connectivity index (χ0) is 41.5. The molecule has 0 saturated carbocycles. The van der Waals surface area contributed by atoms with Gasteiger partial charge in [-0.1, -0.05) is 145 Å². The van der Waals surface area contributed by atoms with Crippen molar-refractivity contribution in [1.29, 1.82) is 0 Å². The molecule has 4 heteroatoms. The SMILES string of the molecule is CC(C)c1cc(-c2ccc(C(C)(C)C)cc2)cc(C(C)C)c1-n1c(-c2cccc3c2oc2cc(-c4cc(C(C)(C)C)cc(C(C)(C)C)c4)ncc23)nc2ccccc21. The van der Waals surface area contributed by atoms with Crippen LogP contribution in [0.4, 0.5) is 0 Å². The van der Waals surface area contributed by atoms with Crippen molar-refractivity contribution in [3.05, 3.63) is 137 Å². The number of rotatable bonds is 6. The summed E-state index contributed by atoms with van der Waals surface area (Å²) in [6, 6.07) is 38.0. The maximum Gasteiger partial charge on any atom is 0.149 e. The highest BCUT2D eigenvalue weighted by atomic mass is 16.3. The number of para-hydroxylation sites is 3. The van der Waals surface area contributed by atoms with Crippen LogP contribution in [-0.4, -0.2) is 14.5 Å². The third-order valence-corrected chi connectivity index (χ3v) is 11.9. The third-order valence-electron chi connectivity index (χ3n) is 11.9. The van der Waals surface area contributed by atoms with Gasteiger partial charge >= 0.3 is 0 Å². The topological polar surface area (TPSA) is 43.9 Å². The lowest BCUT2D eigenvalue weighted by atomic mass is 9.79. The Balaban J connectivity index is 1.34. The van der Waals surface area contributed by atoms with E-state index in [1.165, 1.54) is 44.6 Å². The second-order valence-corrected chi connectivity index (χ2v) is 20.0. The summed E-state index contributed by atoms with van der Waals surface area (Å²) in [6.45, 7) is 29.7. The first kappa shape index (κ1) is 39.4. The van der Waals surface area contributed by atoms with Crippen LogP contribution in [0.25, 0.3) is 72.4 Å². The Morgan fingerprint density at radius 2 is 1.16 bits per heavy atom. The Morgan fingerprint density at radius 1 is 0.552 bits per heavy atom. The quantitative estimate of drug-likeness (QED) is 0.169. The summed E-state index contributed by atoms with van der Waals surface area (Å²) in [5.41, 5.74) is 17.0. The molecular weight excluding hydrogens is 707 g/mol. The lowest BCUT2D eigenvalue weighted by Gasteiger charge is -2.26. The number of hydrogen-bond acceptors (Lipinski definition) is 3. The molecular formula is C54H59N3O. The first-order valence-electron chi connectivity index (χ1n) is 21.0. The van der Waals surface area contributed by atoms with Crippen molar-refractivity contribution in [2.75, 3.05) is 0 Å². The van der Waals surface area contributed by atoms with Gasteiger partial charge in [-0.25, -0.2) is 4.98 Å². The Kier molecular flexibility index (Phi) is 9.58. The van der Waals surface area contributed by atoms with Gasteiger partial charge < -0.3 is 4.42 Å². The Bertz CT molecular complexity index is 2760. The van der Waals surface area contributed by atoms with Crippen molar-refractivity contribution in [3.63, 3.8) is 0 Å². The highest BCUT2D eigenvalue weighted by Crippen LogP contribution is 2.43. The van der Waals surface area contributed by atoms with Gasteiger partial charge in [-0.2, -0.15) is 0 Å². The molecule has 0 N–H and O–H groups in total. The van der Waals surface area contributed by atoms with Gasteiger partial charge in [-0.3, -0.25) is 9.55 Å². The van der Waals surface area contributed by atoms with E-state index in [9.17, 15) is 0 Å². The Hall–Kier alpha value is -5.48. The highest BCUT2D eigenvalue weighted by molar-refractivity contribution is 6.10. The lowest BCUT2D eigenvalue weighted by molar-refractivity contribution is 0.569. The molecule has 0 atom stereocenters. The summed E-state index contributed by atoms with van der Waals surface area (Å²) in [6.07, 6.45) is 1.99. The molecule has 0 amide bonds. The van der Waals surface area contributed by atoms with Gasteiger partial charge in [0.2, 0.25) is 0 Å². The van der Waals surface area contributed by atoms with Gasteiger partial charge in [0, 0.05) is 28.6 Å². The number of pyridine rings is 1. The fraction of sp³-hybridized carbons (Fsp3) is 0.333. The summed E-state index contributed by atoms with van der Waals surface area (Å²) in [7, 11) is 0. The van der Waals surface area contributed by atoms with Crippen LogP contribution in [0.15, 0.2) is 114 Å². The molecule has 0 spiro atoms. The maximum atomic E-state index is 6.95. The molecule has 5 aromatic carbocycles. The predicted octanol–water partition coefficient (Wildman–Crippen LogP) is 15.5. The fourth-order valence-electron chi connectivity index (χ4n) is 8.25. The van der Waals surface area contributed by atoms with E-state index in [0.717, 1.165) is 55.6 Å². The minimum atomic E-state index is 0.00270. The van der Waals surface area contributed by atoms with E-state index in [-0.39, 0.29) is 28.1 Å². The summed E-state index contributed by atoms with van der Waals surface area (Å²) >= 11 is 0. The molecule has 3 heterocycles. The van der Waals surface area contributed by atoms with E-state index in [0.29, 0.717) is 0 Å². The van der Waals surface area contributed by atoms with Crippen molar-refractivity contribution in [1.82, 2.24) is 14.5 Å². The second-order valence-electron chi connectivity index (χ2n) is 20.0. The minimum absolute atomic E-state index is 0.00270. The molecule has 0 unspecified atom stereocenters. The van der Waals surface area contributed by atoms with Crippen LogP contribution in [0.5, 0.6) is 0 Å². The molecule has 0 bridgehead atoms. The van der Waals surface area contributed by atoms with Crippen LogP contribution in [0.3, 0.4) is 0 Å². The van der Waals surface area contributed by atoms with Crippen LogP contribution in [-0.2, 0) is 16.2 Å². The molecule has 4 nitrogen and oxygen atoms in total. The van der Waals surface area contributed by atoms with E-state index < -0.39 is 0 Å². The van der Waals surface area contributed by atoms with E-state index in [1.54, 1.807) is 0 Å². The van der Waals surface area contributed by atoms with Gasteiger partial charge in [-0.15, -0.1) is 0 Å². The van der Waals surface area contributed by atoms with Crippen LogP contribution in [0.2, 0.25) is 0 Å². The van der Waals surface area contributed by atoms with Crippen LogP contribution in [0.1, 0.15) is 130 Å². The summed E-state index contributed by atoms with van der Waals surface area (Å²) in [5, 5.41) is 2.03. The molecule has 0 aliphatic carbocycles. The highest BCUT2D eigenvalue weighted by Gasteiger charge is 2.27. The van der Waals surface area contributed by atoms with Gasteiger partial charge in [-0.05, 0) is 109 Å². The molecule has 8 aromatic rings. The average molecular weight is 766 g/mol. The normalized spacial score (nSPS) is 12.9. The monoisotopic (exact) mass is 765 g/mol. The summed E-state index contributed by atoms with van der Waals surface area (Å²) in [5.74, 6) is 1.40. The van der Waals surface area contributed by atoms with Gasteiger partial charge in [0.1, 0.15) is 17.0 Å². The standard InChI is InChI=1S/C54H59N3O/c1-32(2)42-27-35(34-21-23-37(24-22-34)52(5,6)7)28-43(33(3)4)49(42)57-47-20-15-14-19-45(47)56-51(57)41-18-16-17-40-44-31-55-46(30-48(44)58-50(40)41)36-25-38(53(8,9)10)29-39(26-36)54(11,12)13/h14-33H,1-13H3. The molecule has 0 saturated heterocycles. The molecule has 3 aromatic heterocycles. The summed E-state index contributed by atoms with van der Waals surface area (Å²) in [4.78, 5) is 10.5. The fourth-order valence-corrected chi connectivity index (χ4v) is 8.25. The first-order valence-corrected chi connectivity index (χ1v) is 21.0. The smallest absolute Gasteiger partial charge is 0.149 e. The van der Waals surface area contributed by atoms with Gasteiger partial charge in [0.25, 0.3) is 0 Å². The maximum absolute atomic E-state index is 6.95. The van der Waals surface area contributed by atoms with Crippen molar-refractivity contribution in [3.8, 4) is 39.5 Å². The van der Waals surface area contributed by atoms with E-state index >= 15 is 0 Å². The van der Waals surface area contributed by atoms with Crippen molar-refractivity contribution in [2.45, 2.75) is 118 Å².